The second-order valence-electron chi connectivity index (χ2n) is 2.63. The molecule has 0 aromatic rings. The Kier molecular flexibility index (Phi) is 4.66. The van der Waals surface area contributed by atoms with Gasteiger partial charge in [-0.2, -0.15) is 0 Å². The third kappa shape index (κ3) is 7.23. The molecule has 4 heteroatoms. The van der Waals surface area contributed by atoms with Crippen LogP contribution >= 0.6 is 0 Å². The van der Waals surface area contributed by atoms with E-state index in [9.17, 15) is 0 Å². The number of hydrogen-bond donors (Lipinski definition) is 4. The highest BCUT2D eigenvalue weighted by molar-refractivity contribution is 5.69. The van der Waals surface area contributed by atoms with E-state index < -0.39 is 0 Å². The fourth-order valence-corrected chi connectivity index (χ4v) is 0.683. The summed E-state index contributed by atoms with van der Waals surface area (Å²) in [5.41, 5.74) is 14.2. The molecular formula is C6H18N4+2. The molecule has 0 aliphatic heterocycles. The summed E-state index contributed by atoms with van der Waals surface area (Å²) in [6, 6.07) is 0.515. The molecule has 0 spiro atoms. The summed E-state index contributed by atoms with van der Waals surface area (Å²) >= 11 is 0. The van der Waals surface area contributed by atoms with Crippen molar-refractivity contribution in [3.05, 3.63) is 0 Å². The normalized spacial score (nSPS) is 12.6. The minimum atomic E-state index is 0.303. The van der Waals surface area contributed by atoms with E-state index in [1.165, 1.54) is 0 Å². The Labute approximate surface area is 61.5 Å². The van der Waals surface area contributed by atoms with Gasteiger partial charge in [0.15, 0.2) is 0 Å². The summed E-state index contributed by atoms with van der Waals surface area (Å²) in [6.45, 7) is 2.94. The van der Waals surface area contributed by atoms with Crippen LogP contribution in [0.3, 0.4) is 0 Å². The lowest BCUT2D eigenvalue weighted by Crippen LogP contribution is -2.78. The van der Waals surface area contributed by atoms with E-state index in [0.717, 1.165) is 19.4 Å². The average Bonchev–Trinajstić information content (AvgIpc) is 1.79. The van der Waals surface area contributed by atoms with Gasteiger partial charge in [-0.1, -0.05) is 0 Å². The molecule has 0 saturated carbocycles. The fourth-order valence-electron chi connectivity index (χ4n) is 0.683. The highest BCUT2D eigenvalue weighted by Crippen LogP contribution is 1.85. The van der Waals surface area contributed by atoms with E-state index in [2.05, 4.69) is 17.6 Å². The average molecular weight is 146 g/mol. The van der Waals surface area contributed by atoms with Crippen molar-refractivity contribution >= 4 is 5.96 Å². The molecule has 10 heavy (non-hydrogen) atoms. The summed E-state index contributed by atoms with van der Waals surface area (Å²) in [4.78, 5) is 2.85. The molecule has 8 N–H and O–H groups in total. The standard InChI is InChI=1S/C6H16N4/c1-5(7)3-2-4-10-6(8)9/h5H,2-4,7H2,1H3,(H4,8,9,10)/p+2/t5-/m1/s1. The first kappa shape index (κ1) is 9.23. The van der Waals surface area contributed by atoms with Gasteiger partial charge in [-0.25, -0.2) is 0 Å². The maximum atomic E-state index is 5.18. The molecule has 0 aromatic carbocycles. The zero-order valence-corrected chi connectivity index (χ0v) is 6.56. The van der Waals surface area contributed by atoms with Gasteiger partial charge in [0.05, 0.1) is 12.6 Å². The van der Waals surface area contributed by atoms with Crippen LogP contribution in [-0.2, 0) is 0 Å². The highest BCUT2D eigenvalue weighted by atomic mass is 15.0. The van der Waals surface area contributed by atoms with Gasteiger partial charge >= 0.3 is 5.96 Å². The van der Waals surface area contributed by atoms with Crippen molar-refractivity contribution in [1.82, 2.24) is 0 Å². The number of rotatable bonds is 4. The second kappa shape index (κ2) is 5.05. The minimum Gasteiger partial charge on any atom is -0.355 e. The Bertz CT molecular complexity index is 104. The number of nitrogens with two attached hydrogens (primary N) is 2. The first-order valence-corrected chi connectivity index (χ1v) is 3.57. The molecule has 0 aliphatic carbocycles. The first-order chi connectivity index (χ1) is 4.63. The van der Waals surface area contributed by atoms with Gasteiger partial charge in [-0.3, -0.25) is 16.5 Å². The number of quaternary nitrogens is 1. The summed E-state index contributed by atoms with van der Waals surface area (Å²) < 4.78 is 0. The predicted octanol–water partition coefficient (Wildman–Crippen LogP) is -3.25. The quantitative estimate of drug-likeness (QED) is 0.190. The van der Waals surface area contributed by atoms with Gasteiger partial charge in [0, 0.05) is 6.42 Å². The molecule has 0 saturated heterocycles. The Morgan fingerprint density at radius 3 is 2.60 bits per heavy atom. The maximum absolute atomic E-state index is 5.18. The second-order valence-corrected chi connectivity index (χ2v) is 2.63. The molecule has 1 atom stereocenters. The zero-order chi connectivity index (χ0) is 7.98. The lowest BCUT2D eigenvalue weighted by molar-refractivity contribution is -0.464. The molecule has 60 valence electrons. The molecule has 0 unspecified atom stereocenters. The molecule has 0 amide bonds. The van der Waals surface area contributed by atoms with Crippen LogP contribution in [0.4, 0.5) is 0 Å². The molecule has 4 nitrogen and oxygen atoms in total. The molecule has 0 aliphatic rings. The lowest BCUT2D eigenvalue weighted by Gasteiger charge is -1.97. The van der Waals surface area contributed by atoms with Crippen LogP contribution in [0.25, 0.3) is 0 Å². The number of guanidine groups is 1. The SMILES string of the molecule is C[C@@H]([NH3+])CCC[NH+]=C(N)N. The van der Waals surface area contributed by atoms with Crippen LogP contribution < -0.4 is 22.2 Å². The van der Waals surface area contributed by atoms with Gasteiger partial charge in [0.25, 0.3) is 0 Å². The molecule has 0 bridgehead atoms. The van der Waals surface area contributed by atoms with Crippen LogP contribution in [-0.4, -0.2) is 18.5 Å². The molecule has 0 radical (unpaired) electrons. The van der Waals surface area contributed by atoms with Gasteiger partial charge in [0.1, 0.15) is 0 Å². The van der Waals surface area contributed by atoms with Crippen LogP contribution in [0, 0.1) is 0 Å². The number of nitrogens with one attached hydrogen (secondary N) is 1. The Balaban J connectivity index is 3.13. The Morgan fingerprint density at radius 2 is 2.20 bits per heavy atom. The van der Waals surface area contributed by atoms with E-state index in [4.69, 9.17) is 11.5 Å². The largest absolute Gasteiger partial charge is 0.355 e. The van der Waals surface area contributed by atoms with E-state index in [1.54, 1.807) is 0 Å². The van der Waals surface area contributed by atoms with Crippen LogP contribution in [0.2, 0.25) is 0 Å². The maximum Gasteiger partial charge on any atom is 0.338 e. The predicted molar refractivity (Wildman–Crippen MR) is 40.8 cm³/mol. The molecule has 0 heterocycles. The lowest BCUT2D eigenvalue weighted by atomic mass is 10.2. The zero-order valence-electron chi connectivity index (χ0n) is 6.56. The van der Waals surface area contributed by atoms with Crippen molar-refractivity contribution in [3.8, 4) is 0 Å². The first-order valence-electron chi connectivity index (χ1n) is 3.57. The third-order valence-electron chi connectivity index (χ3n) is 1.20. The summed E-state index contributed by atoms with van der Waals surface area (Å²) in [7, 11) is 0. The van der Waals surface area contributed by atoms with Crippen LogP contribution in [0.1, 0.15) is 19.8 Å². The minimum absolute atomic E-state index is 0.303. The molecule has 0 aromatic heterocycles. The topological polar surface area (TPSA) is 93.6 Å². The molecular weight excluding hydrogens is 128 g/mol. The van der Waals surface area contributed by atoms with Crippen molar-refractivity contribution in [1.29, 1.82) is 0 Å². The summed E-state index contributed by atoms with van der Waals surface area (Å²) in [6.07, 6.45) is 2.18. The Hall–Kier alpha value is -0.770. The molecule has 0 fully saturated rings. The summed E-state index contributed by atoms with van der Waals surface area (Å²) in [5.74, 6) is 0.303. The monoisotopic (exact) mass is 146 g/mol. The van der Waals surface area contributed by atoms with E-state index >= 15 is 0 Å². The van der Waals surface area contributed by atoms with Crippen LogP contribution in [0.5, 0.6) is 0 Å². The van der Waals surface area contributed by atoms with Gasteiger partial charge in [-0.05, 0) is 13.3 Å². The van der Waals surface area contributed by atoms with Crippen molar-refractivity contribution < 1.29 is 10.7 Å². The molecule has 0 rings (SSSR count). The van der Waals surface area contributed by atoms with Crippen molar-refractivity contribution in [2.75, 3.05) is 6.54 Å². The smallest absolute Gasteiger partial charge is 0.338 e. The third-order valence-corrected chi connectivity index (χ3v) is 1.20. The van der Waals surface area contributed by atoms with Gasteiger partial charge in [-0.15, -0.1) is 0 Å². The highest BCUT2D eigenvalue weighted by Gasteiger charge is 1.95. The van der Waals surface area contributed by atoms with E-state index in [0.29, 0.717) is 12.0 Å². The number of hydrogen-bond acceptors (Lipinski definition) is 0. The van der Waals surface area contributed by atoms with Gasteiger partial charge < -0.3 is 5.73 Å². The van der Waals surface area contributed by atoms with E-state index in [1.807, 2.05) is 0 Å². The summed E-state index contributed by atoms with van der Waals surface area (Å²) in [5, 5.41) is 0. The van der Waals surface area contributed by atoms with Gasteiger partial charge in [0.2, 0.25) is 0 Å². The van der Waals surface area contributed by atoms with Crippen molar-refractivity contribution in [2.24, 2.45) is 11.5 Å². The fraction of sp³-hybridized carbons (Fsp3) is 0.833. The Morgan fingerprint density at radius 1 is 1.60 bits per heavy atom. The van der Waals surface area contributed by atoms with E-state index in [-0.39, 0.29) is 0 Å². The van der Waals surface area contributed by atoms with Crippen molar-refractivity contribution in [3.63, 3.8) is 0 Å². The van der Waals surface area contributed by atoms with Crippen LogP contribution in [0.15, 0.2) is 0 Å². The van der Waals surface area contributed by atoms with Crippen molar-refractivity contribution in [2.45, 2.75) is 25.8 Å².